The molecule has 0 atom stereocenters. The topological polar surface area (TPSA) is 85.1 Å². The van der Waals surface area contributed by atoms with Gasteiger partial charge in [-0.3, -0.25) is 14.9 Å². The van der Waals surface area contributed by atoms with E-state index in [0.29, 0.717) is 16.4 Å². The molecule has 0 unspecified atom stereocenters. The number of carbonyl (C=O) groups is 1. The highest BCUT2D eigenvalue weighted by Crippen LogP contribution is 2.20. The van der Waals surface area contributed by atoms with E-state index in [0.717, 1.165) is 12.1 Å². The quantitative estimate of drug-likeness (QED) is 0.535. The molecule has 1 amide bonds. The van der Waals surface area contributed by atoms with E-state index in [2.05, 4.69) is 10.3 Å². The summed E-state index contributed by atoms with van der Waals surface area (Å²) in [4.78, 5) is 25.5. The second-order valence-corrected chi connectivity index (χ2v) is 4.57. The Morgan fingerprint density at radius 3 is 2.71 bits per heavy atom. The molecule has 2 rings (SSSR count). The van der Waals surface area contributed by atoms with E-state index in [4.69, 9.17) is 11.6 Å². The second-order valence-electron chi connectivity index (χ2n) is 4.21. The summed E-state index contributed by atoms with van der Waals surface area (Å²) in [5, 5.41) is 13.3. The lowest BCUT2D eigenvalue weighted by atomic mass is 10.2. The van der Waals surface area contributed by atoms with E-state index in [9.17, 15) is 19.3 Å². The van der Waals surface area contributed by atoms with Crippen molar-refractivity contribution in [2.45, 2.75) is 6.92 Å². The van der Waals surface area contributed by atoms with Crippen LogP contribution < -0.4 is 5.32 Å². The molecule has 0 aliphatic rings. The van der Waals surface area contributed by atoms with Crippen molar-refractivity contribution < 1.29 is 14.1 Å². The summed E-state index contributed by atoms with van der Waals surface area (Å²) in [6.07, 6.45) is 1.36. The van der Waals surface area contributed by atoms with E-state index >= 15 is 0 Å². The first kappa shape index (κ1) is 14.9. The molecule has 6 nitrogen and oxygen atoms in total. The van der Waals surface area contributed by atoms with Gasteiger partial charge in [-0.2, -0.15) is 4.39 Å². The molecule has 2 aromatic rings. The number of benzene rings is 1. The van der Waals surface area contributed by atoms with E-state index in [1.807, 2.05) is 0 Å². The molecule has 0 radical (unpaired) electrons. The molecule has 0 fully saturated rings. The standard InChI is InChI=1S/C13H9ClFN3O3/c1-7-4-9(6-16-12(7)14)17-13(19)8-2-3-11(18(20)21)10(15)5-8/h2-6H,1H3,(H,17,19). The lowest BCUT2D eigenvalue weighted by Crippen LogP contribution is -2.12. The number of aromatic nitrogens is 1. The Morgan fingerprint density at radius 1 is 1.43 bits per heavy atom. The summed E-state index contributed by atoms with van der Waals surface area (Å²) >= 11 is 5.76. The Kier molecular flexibility index (Phi) is 4.13. The number of nitro groups is 1. The smallest absolute Gasteiger partial charge is 0.304 e. The van der Waals surface area contributed by atoms with E-state index in [1.165, 1.54) is 12.3 Å². The van der Waals surface area contributed by atoms with Crippen LogP contribution in [-0.2, 0) is 0 Å². The normalized spacial score (nSPS) is 10.2. The zero-order chi connectivity index (χ0) is 15.6. The molecular weight excluding hydrogens is 301 g/mol. The van der Waals surface area contributed by atoms with Gasteiger partial charge in [-0.15, -0.1) is 0 Å². The van der Waals surface area contributed by atoms with Gasteiger partial charge in [0.25, 0.3) is 5.91 Å². The Morgan fingerprint density at radius 2 is 2.14 bits per heavy atom. The van der Waals surface area contributed by atoms with E-state index in [1.54, 1.807) is 13.0 Å². The second kappa shape index (κ2) is 5.84. The van der Waals surface area contributed by atoms with Crippen LogP contribution in [0.4, 0.5) is 15.8 Å². The predicted octanol–water partition coefficient (Wildman–Crippen LogP) is 3.34. The van der Waals surface area contributed by atoms with Crippen LogP contribution in [0, 0.1) is 22.9 Å². The number of hydrogen-bond donors (Lipinski definition) is 1. The van der Waals surface area contributed by atoms with E-state index in [-0.39, 0.29) is 5.56 Å². The highest BCUT2D eigenvalue weighted by atomic mass is 35.5. The van der Waals surface area contributed by atoms with Gasteiger partial charge in [-0.05, 0) is 30.7 Å². The molecule has 0 bridgehead atoms. The third-order valence-electron chi connectivity index (χ3n) is 2.68. The van der Waals surface area contributed by atoms with Gasteiger partial charge in [0.15, 0.2) is 0 Å². The number of rotatable bonds is 3. The number of nitrogens with zero attached hydrogens (tertiary/aromatic N) is 2. The van der Waals surface area contributed by atoms with Crippen molar-refractivity contribution in [2.75, 3.05) is 5.32 Å². The Balaban J connectivity index is 2.22. The average Bonchev–Trinajstić information content (AvgIpc) is 2.42. The van der Waals surface area contributed by atoms with Gasteiger partial charge in [0.2, 0.25) is 5.82 Å². The van der Waals surface area contributed by atoms with Crippen LogP contribution in [-0.4, -0.2) is 15.8 Å². The number of pyridine rings is 1. The monoisotopic (exact) mass is 309 g/mol. The Hall–Kier alpha value is -2.54. The highest BCUT2D eigenvalue weighted by Gasteiger charge is 2.17. The molecule has 0 spiro atoms. The van der Waals surface area contributed by atoms with Crippen LogP contribution in [0.5, 0.6) is 0 Å². The molecule has 0 aliphatic heterocycles. The fourth-order valence-electron chi connectivity index (χ4n) is 1.63. The van der Waals surface area contributed by atoms with Crippen LogP contribution in [0.25, 0.3) is 0 Å². The number of halogens is 2. The minimum Gasteiger partial charge on any atom is -0.321 e. The molecule has 1 heterocycles. The lowest BCUT2D eigenvalue weighted by Gasteiger charge is -2.06. The lowest BCUT2D eigenvalue weighted by molar-refractivity contribution is -0.387. The molecule has 0 aliphatic carbocycles. The minimum absolute atomic E-state index is 0.0364. The summed E-state index contributed by atoms with van der Waals surface area (Å²) in [5.41, 5.74) is 0.339. The highest BCUT2D eigenvalue weighted by molar-refractivity contribution is 6.30. The first-order chi connectivity index (χ1) is 9.88. The SMILES string of the molecule is Cc1cc(NC(=O)c2ccc([N+](=O)[O-])c(F)c2)cnc1Cl. The van der Waals surface area contributed by atoms with Crippen molar-refractivity contribution in [1.82, 2.24) is 4.98 Å². The summed E-state index contributed by atoms with van der Waals surface area (Å²) in [6.45, 7) is 1.72. The molecule has 0 saturated carbocycles. The van der Waals surface area contributed by atoms with E-state index < -0.39 is 22.3 Å². The fourth-order valence-corrected chi connectivity index (χ4v) is 1.73. The number of nitrogens with one attached hydrogen (secondary N) is 1. The van der Waals surface area contributed by atoms with Crippen LogP contribution in [0.3, 0.4) is 0 Å². The van der Waals surface area contributed by atoms with Gasteiger partial charge in [0, 0.05) is 11.6 Å². The third kappa shape index (κ3) is 3.32. The van der Waals surface area contributed by atoms with Crippen molar-refractivity contribution >= 4 is 28.9 Å². The molecular formula is C13H9ClFN3O3. The van der Waals surface area contributed by atoms with Gasteiger partial charge >= 0.3 is 5.69 Å². The molecule has 1 aromatic heterocycles. The van der Waals surface area contributed by atoms with Crippen molar-refractivity contribution in [3.8, 4) is 0 Å². The number of anilines is 1. The Labute approximate surface area is 123 Å². The van der Waals surface area contributed by atoms with Crippen LogP contribution in [0.1, 0.15) is 15.9 Å². The maximum absolute atomic E-state index is 13.5. The maximum atomic E-state index is 13.5. The summed E-state index contributed by atoms with van der Waals surface area (Å²) in [6, 6.07) is 4.53. The van der Waals surface area contributed by atoms with Crippen molar-refractivity contribution in [2.24, 2.45) is 0 Å². The molecule has 21 heavy (non-hydrogen) atoms. The van der Waals surface area contributed by atoms with Crippen LogP contribution >= 0.6 is 11.6 Å². The fraction of sp³-hybridized carbons (Fsp3) is 0.0769. The van der Waals surface area contributed by atoms with Gasteiger partial charge in [-0.1, -0.05) is 11.6 Å². The third-order valence-corrected chi connectivity index (χ3v) is 3.07. The molecule has 1 N–H and O–H groups in total. The molecule has 0 saturated heterocycles. The van der Waals surface area contributed by atoms with Crippen molar-refractivity contribution in [3.05, 3.63) is 62.7 Å². The summed E-state index contributed by atoms with van der Waals surface area (Å²) in [7, 11) is 0. The summed E-state index contributed by atoms with van der Waals surface area (Å²) in [5.74, 6) is -1.68. The van der Waals surface area contributed by atoms with Gasteiger partial charge < -0.3 is 5.32 Å². The first-order valence-corrected chi connectivity index (χ1v) is 6.13. The largest absolute Gasteiger partial charge is 0.321 e. The van der Waals surface area contributed by atoms with Crippen LogP contribution in [0.15, 0.2) is 30.5 Å². The summed E-state index contributed by atoms with van der Waals surface area (Å²) < 4.78 is 13.5. The molecule has 1 aromatic carbocycles. The zero-order valence-corrected chi connectivity index (χ0v) is 11.5. The van der Waals surface area contributed by atoms with Crippen LogP contribution in [0.2, 0.25) is 5.15 Å². The molecule has 108 valence electrons. The van der Waals surface area contributed by atoms with Gasteiger partial charge in [0.05, 0.1) is 16.8 Å². The minimum atomic E-state index is -1.07. The number of aryl methyl sites for hydroxylation is 1. The zero-order valence-electron chi connectivity index (χ0n) is 10.8. The maximum Gasteiger partial charge on any atom is 0.304 e. The van der Waals surface area contributed by atoms with Gasteiger partial charge in [0.1, 0.15) is 5.15 Å². The number of hydrogen-bond acceptors (Lipinski definition) is 4. The number of nitro benzene ring substituents is 1. The average molecular weight is 310 g/mol. The van der Waals surface area contributed by atoms with Gasteiger partial charge in [-0.25, -0.2) is 4.98 Å². The van der Waals surface area contributed by atoms with Crippen molar-refractivity contribution in [1.29, 1.82) is 0 Å². The molecule has 8 heteroatoms. The number of amides is 1. The number of carbonyl (C=O) groups excluding carboxylic acids is 1. The first-order valence-electron chi connectivity index (χ1n) is 5.76. The van der Waals surface area contributed by atoms with Crippen molar-refractivity contribution in [3.63, 3.8) is 0 Å². The Bertz CT molecular complexity index is 737. The predicted molar refractivity (Wildman–Crippen MR) is 75.0 cm³/mol.